The van der Waals surface area contributed by atoms with Gasteiger partial charge in [0, 0.05) is 25.7 Å². The molecule has 0 bridgehead atoms. The summed E-state index contributed by atoms with van der Waals surface area (Å²) in [7, 11) is -10.1. The van der Waals surface area contributed by atoms with Crippen LogP contribution < -0.4 is 0 Å². The average Bonchev–Trinajstić information content (AvgIpc) is 0.897. The van der Waals surface area contributed by atoms with Gasteiger partial charge in [-0.3, -0.25) is 37.3 Å². The molecule has 640 valence electrons. The molecule has 0 saturated carbocycles. The molecule has 0 rings (SSSR count). The molecular formula is C95H148O17P2. The monoisotopic (exact) mass is 1620 g/mol. The fourth-order valence-electron chi connectivity index (χ4n) is 10.2. The van der Waals surface area contributed by atoms with Crippen molar-refractivity contribution in [1.29, 1.82) is 0 Å². The van der Waals surface area contributed by atoms with Gasteiger partial charge >= 0.3 is 39.5 Å². The zero-order chi connectivity index (χ0) is 83.1. The summed E-state index contributed by atoms with van der Waals surface area (Å²) in [5, 5.41) is 10.7. The van der Waals surface area contributed by atoms with Gasteiger partial charge in [-0.05, 0) is 193 Å². The normalized spacial score (nSPS) is 14.9. The lowest BCUT2D eigenvalue weighted by atomic mass is 10.1. The molecule has 2 unspecified atom stereocenters. The van der Waals surface area contributed by atoms with Gasteiger partial charge in [0.2, 0.25) is 0 Å². The number of hydrogen-bond acceptors (Lipinski definition) is 15. The van der Waals surface area contributed by atoms with Crippen molar-refractivity contribution in [1.82, 2.24) is 0 Å². The van der Waals surface area contributed by atoms with Crippen molar-refractivity contribution in [2.75, 3.05) is 39.6 Å². The van der Waals surface area contributed by atoms with Crippen LogP contribution in [0.4, 0.5) is 0 Å². The Bertz CT molecular complexity index is 3070. The standard InChI is InChI=1S/C95H148O17P2/c1-5-9-13-17-21-25-29-33-37-41-44-48-52-56-60-64-68-72-76-80-93(98)106-86-91(112-95(100)82-78-74-70-66-62-58-54-50-46-43-39-35-31-27-23-19-15-11-7-3)88-110-114(103,104)108-84-89(96)83-107-113(101,102)109-87-90(85-105-92(97)79-75-71-67-63-59-55-51-47-40-36-32-28-24-20-16-12-8-4)111-94(99)81-77-73-69-65-61-57-53-49-45-42-38-34-30-26-22-18-14-10-6-2/h10-11,14-15,21-28,33-40,44-46,48-51,55-58,60-63,67-68,72,89-91,96H,5-9,12-13,16-20,29-32,41-43,47,52-54,59,64-66,69-71,73-88H2,1-4H3,(H,101,102)(H,103,104)/b14-10-,15-11-,25-21-,26-22-,27-23-,28-24-,37-33-,38-34-,39-35-,40-36-,48-44-,49-45-,50-46-,55-51-,60-56-,61-57-,62-58-,67-63-,72-68-/t89-,90+,91+/m0/s1. The first-order valence-corrected chi connectivity index (χ1v) is 45.6. The summed E-state index contributed by atoms with van der Waals surface area (Å²) < 4.78 is 68.6. The highest BCUT2D eigenvalue weighted by atomic mass is 31.2. The molecule has 0 fully saturated rings. The molecule has 0 saturated heterocycles. The van der Waals surface area contributed by atoms with Gasteiger partial charge in [-0.2, -0.15) is 0 Å². The summed E-state index contributed by atoms with van der Waals surface area (Å²) in [5.41, 5.74) is 0. The third kappa shape index (κ3) is 83.1. The minimum absolute atomic E-state index is 0.0182. The molecule has 0 spiro atoms. The summed E-state index contributed by atoms with van der Waals surface area (Å²) in [6.07, 6.45) is 109. The van der Waals surface area contributed by atoms with Crippen molar-refractivity contribution < 1.29 is 80.2 Å². The van der Waals surface area contributed by atoms with Crippen LogP contribution in [0.5, 0.6) is 0 Å². The van der Waals surface area contributed by atoms with Gasteiger partial charge in [0.25, 0.3) is 0 Å². The van der Waals surface area contributed by atoms with Gasteiger partial charge in [0.15, 0.2) is 12.2 Å². The first kappa shape index (κ1) is 107. The van der Waals surface area contributed by atoms with Crippen LogP contribution in [-0.2, 0) is 65.4 Å². The number of ether oxygens (including phenoxy) is 4. The van der Waals surface area contributed by atoms with E-state index in [0.29, 0.717) is 38.5 Å². The van der Waals surface area contributed by atoms with Crippen molar-refractivity contribution in [2.24, 2.45) is 0 Å². The molecule has 0 aromatic carbocycles. The highest BCUT2D eigenvalue weighted by Gasteiger charge is 2.30. The van der Waals surface area contributed by atoms with Crippen molar-refractivity contribution in [3.8, 4) is 0 Å². The van der Waals surface area contributed by atoms with Crippen molar-refractivity contribution in [2.45, 2.75) is 303 Å². The van der Waals surface area contributed by atoms with Gasteiger partial charge in [-0.1, -0.05) is 297 Å². The molecule has 114 heavy (non-hydrogen) atoms. The van der Waals surface area contributed by atoms with E-state index in [1.165, 1.54) is 38.5 Å². The minimum atomic E-state index is -5.03. The van der Waals surface area contributed by atoms with Crippen LogP contribution in [0.1, 0.15) is 285 Å². The van der Waals surface area contributed by atoms with Gasteiger partial charge in [0.05, 0.1) is 26.4 Å². The molecule has 3 N–H and O–H groups in total. The predicted molar refractivity (Wildman–Crippen MR) is 472 cm³/mol. The Morgan fingerprint density at radius 2 is 0.482 bits per heavy atom. The van der Waals surface area contributed by atoms with Gasteiger partial charge in [-0.25, -0.2) is 9.13 Å². The van der Waals surface area contributed by atoms with E-state index in [9.17, 15) is 43.2 Å². The van der Waals surface area contributed by atoms with Gasteiger partial charge < -0.3 is 33.8 Å². The van der Waals surface area contributed by atoms with Crippen molar-refractivity contribution >= 4 is 39.5 Å². The van der Waals surface area contributed by atoms with E-state index in [-0.39, 0.29) is 25.7 Å². The third-order valence-electron chi connectivity index (χ3n) is 16.6. The molecule has 0 aliphatic rings. The van der Waals surface area contributed by atoms with E-state index in [4.69, 9.17) is 37.0 Å². The number of hydrogen-bond donors (Lipinski definition) is 3. The molecule has 0 aromatic rings. The summed E-state index contributed by atoms with van der Waals surface area (Å²) in [4.78, 5) is 73.2. The van der Waals surface area contributed by atoms with Crippen LogP contribution in [0.3, 0.4) is 0 Å². The zero-order valence-corrected chi connectivity index (χ0v) is 71.9. The van der Waals surface area contributed by atoms with E-state index in [1.54, 1.807) is 0 Å². The Hall–Kier alpha value is -6.88. The van der Waals surface area contributed by atoms with Gasteiger partial charge in [0.1, 0.15) is 19.3 Å². The number of unbranched alkanes of at least 4 members (excludes halogenated alkanes) is 13. The fourth-order valence-corrected chi connectivity index (χ4v) is 11.8. The van der Waals surface area contributed by atoms with Crippen LogP contribution in [0.25, 0.3) is 0 Å². The Morgan fingerprint density at radius 3 is 0.763 bits per heavy atom. The summed E-state index contributed by atoms with van der Waals surface area (Å²) in [6, 6.07) is 0. The molecule has 0 amide bonds. The van der Waals surface area contributed by atoms with E-state index < -0.39 is 97.5 Å². The number of carbonyl (C=O) groups excluding carboxylic acids is 4. The highest BCUT2D eigenvalue weighted by molar-refractivity contribution is 7.47. The number of esters is 4. The van der Waals surface area contributed by atoms with E-state index in [0.717, 1.165) is 154 Å². The van der Waals surface area contributed by atoms with Crippen LogP contribution >= 0.6 is 15.6 Å². The second-order valence-electron chi connectivity index (χ2n) is 27.3. The van der Waals surface area contributed by atoms with Crippen LogP contribution in [0, 0.1) is 0 Å². The molecule has 0 aliphatic carbocycles. The number of allylic oxidation sites excluding steroid dienone is 38. The number of carbonyl (C=O) groups is 4. The maximum Gasteiger partial charge on any atom is 0.472 e. The van der Waals surface area contributed by atoms with Gasteiger partial charge in [-0.15, -0.1) is 0 Å². The number of phosphoric ester groups is 2. The van der Waals surface area contributed by atoms with E-state index >= 15 is 0 Å². The number of phosphoric acid groups is 2. The maximum absolute atomic E-state index is 13.1. The molecule has 5 atom stereocenters. The summed E-state index contributed by atoms with van der Waals surface area (Å²) in [6.45, 7) is 4.34. The maximum atomic E-state index is 13.1. The van der Waals surface area contributed by atoms with Crippen LogP contribution in [-0.4, -0.2) is 96.7 Å². The molecule has 19 heteroatoms. The quantitative estimate of drug-likeness (QED) is 0.0169. The Balaban J connectivity index is 5.61. The topological polar surface area (TPSA) is 237 Å². The molecule has 0 heterocycles. The first-order chi connectivity index (χ1) is 55.7. The first-order valence-electron chi connectivity index (χ1n) is 42.6. The Labute approximate surface area is 689 Å². The zero-order valence-electron chi connectivity index (χ0n) is 70.1. The molecule has 0 radical (unpaired) electrons. The highest BCUT2D eigenvalue weighted by Crippen LogP contribution is 2.45. The Kier molecular flexibility index (Phi) is 79.0. The lowest BCUT2D eigenvalue weighted by molar-refractivity contribution is -0.161. The largest absolute Gasteiger partial charge is 0.472 e. The lowest BCUT2D eigenvalue weighted by Crippen LogP contribution is -2.30. The van der Waals surface area contributed by atoms with Crippen LogP contribution in [0.15, 0.2) is 231 Å². The average molecular weight is 1620 g/mol. The SMILES string of the molecule is CC/C=C\C/C=C\C/C=C\C/C=C\C/C=C\CCCCCC(=O)O[C@H](COC(=O)CC/C=C\C/C=C\C/C=C\C/C=C\C/C=C\CCCCC)COP(=O)(O)OC[C@@H](O)COP(=O)(O)OC[C@@H](COC(=O)CCC/C=C\C/C=C\C/C=C\C/C=C\CCCCC)OC(=O)CCCCC/C=C\C/C=C\C/C=C\C/C=C\C/C=C\CC. The minimum Gasteiger partial charge on any atom is -0.462 e. The second-order valence-corrected chi connectivity index (χ2v) is 30.2. The summed E-state index contributed by atoms with van der Waals surface area (Å²) in [5.74, 6) is -2.44. The number of rotatable bonds is 77. The molecule has 0 aliphatic heterocycles. The Morgan fingerprint density at radius 1 is 0.254 bits per heavy atom. The van der Waals surface area contributed by atoms with Crippen LogP contribution in [0.2, 0.25) is 0 Å². The third-order valence-corrected chi connectivity index (χ3v) is 18.5. The smallest absolute Gasteiger partial charge is 0.462 e. The summed E-state index contributed by atoms with van der Waals surface area (Å²) >= 11 is 0. The van der Waals surface area contributed by atoms with E-state index in [2.05, 4.69) is 228 Å². The van der Waals surface area contributed by atoms with Crippen molar-refractivity contribution in [3.63, 3.8) is 0 Å². The van der Waals surface area contributed by atoms with Crippen molar-refractivity contribution in [3.05, 3.63) is 231 Å². The number of aliphatic hydroxyl groups is 1. The lowest BCUT2D eigenvalue weighted by Gasteiger charge is -2.21. The predicted octanol–water partition coefficient (Wildman–Crippen LogP) is 25.8. The second kappa shape index (κ2) is 84.0. The number of aliphatic hydroxyl groups excluding tert-OH is 1. The van der Waals surface area contributed by atoms with E-state index in [1.807, 2.05) is 30.4 Å². The molecule has 0 aromatic heterocycles. The molecular weight excluding hydrogens is 1470 g/mol. The molecule has 17 nitrogen and oxygen atoms in total. The fraction of sp³-hybridized carbons (Fsp3) is 0.558.